The van der Waals surface area contributed by atoms with Gasteiger partial charge in [-0.3, -0.25) is 4.79 Å². The lowest BCUT2D eigenvalue weighted by Gasteiger charge is -2.20. The summed E-state index contributed by atoms with van der Waals surface area (Å²) >= 11 is 0. The van der Waals surface area contributed by atoms with Gasteiger partial charge in [0, 0.05) is 11.7 Å². The summed E-state index contributed by atoms with van der Waals surface area (Å²) in [5, 5.41) is 5.72. The third-order valence-electron chi connectivity index (χ3n) is 4.15. The molecule has 24 heavy (non-hydrogen) atoms. The van der Waals surface area contributed by atoms with E-state index in [0.29, 0.717) is 0 Å². The molecule has 6 heteroatoms. The molecule has 1 aliphatic carbocycles. The van der Waals surface area contributed by atoms with E-state index in [1.807, 2.05) is 39.0 Å². The number of rotatable bonds is 5. The van der Waals surface area contributed by atoms with Crippen molar-refractivity contribution in [1.29, 1.82) is 0 Å². The molecule has 0 aliphatic heterocycles. The molecule has 6 nitrogen and oxygen atoms in total. The zero-order chi connectivity index (χ0) is 17.7. The molecule has 2 rings (SSSR count). The molecule has 2 N–H and O–H groups in total. The second-order valence-electron chi connectivity index (χ2n) is 6.41. The van der Waals surface area contributed by atoms with Gasteiger partial charge in [0.15, 0.2) is 0 Å². The van der Waals surface area contributed by atoms with E-state index in [0.717, 1.165) is 36.3 Å². The van der Waals surface area contributed by atoms with Gasteiger partial charge in [-0.25, -0.2) is 4.79 Å². The number of ether oxygens (including phenoxy) is 2. The number of hydrogen-bond acceptors (Lipinski definition) is 4. The lowest BCUT2D eigenvalue weighted by molar-refractivity contribution is -0.145. The maximum Gasteiger partial charge on any atom is 0.319 e. The molecular formula is C18H26N2O4. The van der Waals surface area contributed by atoms with Gasteiger partial charge < -0.3 is 20.1 Å². The Morgan fingerprint density at radius 3 is 2.62 bits per heavy atom. The third kappa shape index (κ3) is 4.63. The molecule has 0 heterocycles. The Labute approximate surface area is 142 Å². The van der Waals surface area contributed by atoms with Crippen LogP contribution >= 0.6 is 0 Å². The van der Waals surface area contributed by atoms with Gasteiger partial charge in [-0.05, 0) is 57.4 Å². The van der Waals surface area contributed by atoms with Gasteiger partial charge >= 0.3 is 12.0 Å². The van der Waals surface area contributed by atoms with Crippen molar-refractivity contribution in [2.24, 2.45) is 5.92 Å². The maximum atomic E-state index is 12.2. The second kappa shape index (κ2) is 8.04. The Morgan fingerprint density at radius 1 is 1.25 bits per heavy atom. The van der Waals surface area contributed by atoms with E-state index in [9.17, 15) is 9.59 Å². The van der Waals surface area contributed by atoms with E-state index in [1.165, 1.54) is 7.11 Å². The molecule has 0 spiro atoms. The lowest BCUT2D eigenvalue weighted by Crippen LogP contribution is -2.42. The molecule has 1 saturated carbocycles. The normalized spacial score (nSPS) is 19.9. The zero-order valence-corrected chi connectivity index (χ0v) is 14.7. The number of methoxy groups -OCH3 is 1. The fourth-order valence-electron chi connectivity index (χ4n) is 3.01. The Balaban J connectivity index is 1.96. The molecule has 0 aromatic heterocycles. The average molecular weight is 334 g/mol. The molecule has 2 unspecified atom stereocenters. The number of hydrogen-bond donors (Lipinski definition) is 2. The molecule has 0 saturated heterocycles. The van der Waals surface area contributed by atoms with Gasteiger partial charge in [-0.1, -0.05) is 6.42 Å². The van der Waals surface area contributed by atoms with Crippen LogP contribution in [0.15, 0.2) is 18.2 Å². The van der Waals surface area contributed by atoms with Crippen LogP contribution in [0.25, 0.3) is 0 Å². The minimum Gasteiger partial charge on any atom is -0.491 e. The van der Waals surface area contributed by atoms with E-state index >= 15 is 0 Å². The van der Waals surface area contributed by atoms with Crippen molar-refractivity contribution in [2.75, 3.05) is 12.4 Å². The largest absolute Gasteiger partial charge is 0.491 e. The Hall–Kier alpha value is -2.24. The SMILES string of the molecule is COC(=O)C1CCCC1NC(=O)Nc1ccc(OC(C)C)cc1C. The van der Waals surface area contributed by atoms with E-state index in [4.69, 9.17) is 9.47 Å². The first kappa shape index (κ1) is 18.1. The standard InChI is InChI=1S/C18H26N2O4/c1-11(2)24-13-8-9-15(12(3)10-13)19-18(22)20-16-7-5-6-14(16)17(21)23-4/h8-11,14,16H,5-7H2,1-4H3,(H2,19,20,22). The quantitative estimate of drug-likeness (QED) is 0.811. The summed E-state index contributed by atoms with van der Waals surface area (Å²) in [6.07, 6.45) is 2.54. The molecule has 0 radical (unpaired) electrons. The highest BCUT2D eigenvalue weighted by atomic mass is 16.5. The summed E-state index contributed by atoms with van der Waals surface area (Å²) in [6, 6.07) is 5.05. The number of benzene rings is 1. The number of carbonyl (C=O) groups excluding carboxylic acids is 2. The minimum absolute atomic E-state index is 0.101. The molecular weight excluding hydrogens is 308 g/mol. The summed E-state index contributed by atoms with van der Waals surface area (Å²) in [7, 11) is 1.38. The fraction of sp³-hybridized carbons (Fsp3) is 0.556. The van der Waals surface area contributed by atoms with Gasteiger partial charge in [0.1, 0.15) is 5.75 Å². The van der Waals surface area contributed by atoms with E-state index in [1.54, 1.807) is 0 Å². The van der Waals surface area contributed by atoms with E-state index in [-0.39, 0.29) is 30.1 Å². The van der Waals surface area contributed by atoms with Crippen LogP contribution in [0, 0.1) is 12.8 Å². The summed E-state index contributed by atoms with van der Waals surface area (Å²) in [5.74, 6) is 0.253. The van der Waals surface area contributed by atoms with Crippen molar-refractivity contribution in [1.82, 2.24) is 5.32 Å². The van der Waals surface area contributed by atoms with Gasteiger partial charge in [-0.2, -0.15) is 0 Å². The van der Waals surface area contributed by atoms with Gasteiger partial charge in [-0.15, -0.1) is 0 Å². The van der Waals surface area contributed by atoms with E-state index in [2.05, 4.69) is 10.6 Å². The Kier molecular flexibility index (Phi) is 6.06. The number of aryl methyl sites for hydroxylation is 1. The van der Waals surface area contributed by atoms with Crippen LogP contribution in [-0.4, -0.2) is 31.3 Å². The molecule has 132 valence electrons. The topological polar surface area (TPSA) is 76.7 Å². The van der Waals surface area contributed by atoms with Crippen molar-refractivity contribution in [2.45, 2.75) is 52.2 Å². The molecule has 1 fully saturated rings. The summed E-state index contributed by atoms with van der Waals surface area (Å²) in [5.41, 5.74) is 1.63. The minimum atomic E-state index is -0.309. The summed E-state index contributed by atoms with van der Waals surface area (Å²) in [6.45, 7) is 5.85. The van der Waals surface area contributed by atoms with Crippen LogP contribution in [0.1, 0.15) is 38.7 Å². The van der Waals surface area contributed by atoms with Crippen LogP contribution < -0.4 is 15.4 Å². The van der Waals surface area contributed by atoms with Gasteiger partial charge in [0.2, 0.25) is 0 Å². The first-order valence-electron chi connectivity index (χ1n) is 8.33. The van der Waals surface area contributed by atoms with Crippen molar-refractivity contribution >= 4 is 17.7 Å². The number of urea groups is 1. The second-order valence-corrected chi connectivity index (χ2v) is 6.41. The van der Waals surface area contributed by atoms with Gasteiger partial charge in [0.05, 0.1) is 19.1 Å². The molecule has 1 aliphatic rings. The molecule has 1 aromatic rings. The lowest BCUT2D eigenvalue weighted by atomic mass is 10.0. The fourth-order valence-corrected chi connectivity index (χ4v) is 3.01. The van der Waals surface area contributed by atoms with Crippen LogP contribution in [-0.2, 0) is 9.53 Å². The van der Waals surface area contributed by atoms with E-state index < -0.39 is 0 Å². The van der Waals surface area contributed by atoms with Crippen LogP contribution in [0.3, 0.4) is 0 Å². The van der Waals surface area contributed by atoms with Crippen LogP contribution in [0.5, 0.6) is 5.75 Å². The first-order valence-corrected chi connectivity index (χ1v) is 8.33. The van der Waals surface area contributed by atoms with Crippen molar-refractivity contribution < 1.29 is 19.1 Å². The molecule has 2 atom stereocenters. The number of esters is 1. The number of carbonyl (C=O) groups is 2. The highest BCUT2D eigenvalue weighted by molar-refractivity contribution is 5.90. The first-order chi connectivity index (χ1) is 11.4. The molecule has 2 amide bonds. The summed E-state index contributed by atoms with van der Waals surface area (Å²) < 4.78 is 10.4. The smallest absolute Gasteiger partial charge is 0.319 e. The number of nitrogens with one attached hydrogen (secondary N) is 2. The molecule has 1 aromatic carbocycles. The summed E-state index contributed by atoms with van der Waals surface area (Å²) in [4.78, 5) is 24.0. The van der Waals surface area contributed by atoms with Gasteiger partial charge in [0.25, 0.3) is 0 Å². The van der Waals surface area contributed by atoms with Crippen molar-refractivity contribution in [3.63, 3.8) is 0 Å². The number of amides is 2. The maximum absolute atomic E-state index is 12.2. The van der Waals surface area contributed by atoms with Crippen molar-refractivity contribution in [3.8, 4) is 5.75 Å². The predicted octanol–water partition coefficient (Wildman–Crippen LogP) is 3.25. The highest BCUT2D eigenvalue weighted by Crippen LogP contribution is 2.27. The third-order valence-corrected chi connectivity index (χ3v) is 4.15. The molecule has 0 bridgehead atoms. The van der Waals surface area contributed by atoms with Crippen LogP contribution in [0.4, 0.5) is 10.5 Å². The monoisotopic (exact) mass is 334 g/mol. The highest BCUT2D eigenvalue weighted by Gasteiger charge is 2.34. The Bertz CT molecular complexity index is 601. The number of anilines is 1. The van der Waals surface area contributed by atoms with Crippen molar-refractivity contribution in [3.05, 3.63) is 23.8 Å². The Morgan fingerprint density at radius 2 is 2.00 bits per heavy atom. The van der Waals surface area contributed by atoms with Crippen LogP contribution in [0.2, 0.25) is 0 Å². The predicted molar refractivity (Wildman–Crippen MR) is 92.2 cm³/mol. The zero-order valence-electron chi connectivity index (χ0n) is 14.7. The average Bonchev–Trinajstić information content (AvgIpc) is 2.96.